The highest BCUT2D eigenvalue weighted by atomic mass is 14.9. The third kappa shape index (κ3) is 2.43. The van der Waals surface area contributed by atoms with Gasteiger partial charge in [-0.25, -0.2) is 0 Å². The van der Waals surface area contributed by atoms with E-state index in [0.717, 1.165) is 19.4 Å². The van der Waals surface area contributed by atoms with Crippen molar-refractivity contribution >= 4 is 0 Å². The first-order chi connectivity index (χ1) is 5.84. The highest BCUT2D eigenvalue weighted by molar-refractivity contribution is 5.04. The lowest BCUT2D eigenvalue weighted by molar-refractivity contribution is 0.607. The predicted octanol–water partition coefficient (Wildman–Crippen LogP) is 2.49. The van der Waals surface area contributed by atoms with Crippen molar-refractivity contribution in [2.75, 3.05) is 0 Å². The van der Waals surface area contributed by atoms with Crippen LogP contribution in [0, 0.1) is 18.3 Å². The van der Waals surface area contributed by atoms with Crippen LogP contribution in [-0.2, 0) is 6.54 Å². The number of hydrogen-bond acceptors (Lipinski definition) is 1. The van der Waals surface area contributed by atoms with E-state index in [1.54, 1.807) is 0 Å². The second-order valence-corrected chi connectivity index (χ2v) is 2.96. The van der Waals surface area contributed by atoms with E-state index in [-0.39, 0.29) is 0 Å². The molecule has 0 bridgehead atoms. The van der Waals surface area contributed by atoms with Crippen LogP contribution in [0.3, 0.4) is 0 Å². The van der Waals surface area contributed by atoms with E-state index >= 15 is 0 Å². The Morgan fingerprint density at radius 2 is 2.33 bits per heavy atom. The summed E-state index contributed by atoms with van der Waals surface area (Å²) in [5.41, 5.74) is 1.30. The second kappa shape index (κ2) is 4.61. The summed E-state index contributed by atoms with van der Waals surface area (Å²) in [6.45, 7) is 3.14. The molecule has 0 saturated carbocycles. The topological polar surface area (TPSA) is 28.7 Å². The molecule has 12 heavy (non-hydrogen) atoms. The molecule has 0 aliphatic carbocycles. The van der Waals surface area contributed by atoms with Gasteiger partial charge in [0, 0.05) is 24.9 Å². The molecule has 1 rings (SSSR count). The molecule has 1 heterocycles. The lowest BCUT2D eigenvalue weighted by atomic mass is 10.2. The molecule has 0 saturated heterocycles. The maximum atomic E-state index is 8.32. The van der Waals surface area contributed by atoms with Crippen molar-refractivity contribution in [3.63, 3.8) is 0 Å². The third-order valence-corrected chi connectivity index (χ3v) is 1.99. The highest BCUT2D eigenvalue weighted by Crippen LogP contribution is 2.03. The number of unbranched alkanes of at least 4 members (excludes halogenated alkanes) is 2. The summed E-state index contributed by atoms with van der Waals surface area (Å²) in [4.78, 5) is 0. The molecular formula is C10H14N2. The molecule has 0 spiro atoms. The van der Waals surface area contributed by atoms with Gasteiger partial charge < -0.3 is 4.57 Å². The Kier molecular flexibility index (Phi) is 3.40. The number of nitrogens with zero attached hydrogens (tertiary/aromatic N) is 2. The van der Waals surface area contributed by atoms with Gasteiger partial charge in [0.2, 0.25) is 0 Å². The lowest BCUT2D eigenvalue weighted by Crippen LogP contribution is -1.97. The van der Waals surface area contributed by atoms with Crippen LogP contribution in [0.15, 0.2) is 18.3 Å². The largest absolute Gasteiger partial charge is 0.352 e. The summed E-state index contributed by atoms with van der Waals surface area (Å²) in [7, 11) is 0. The molecule has 64 valence electrons. The van der Waals surface area contributed by atoms with Crippen LogP contribution >= 0.6 is 0 Å². The van der Waals surface area contributed by atoms with Crippen LogP contribution in [-0.4, -0.2) is 4.57 Å². The normalized spacial score (nSPS) is 9.67. The first-order valence-electron chi connectivity index (χ1n) is 4.33. The van der Waals surface area contributed by atoms with Crippen molar-refractivity contribution in [1.29, 1.82) is 5.26 Å². The Morgan fingerprint density at radius 1 is 1.50 bits per heavy atom. The Bertz CT molecular complexity index is 268. The minimum Gasteiger partial charge on any atom is -0.352 e. The minimum atomic E-state index is 0.681. The SMILES string of the molecule is Cc1cccn1CCCCC#N. The number of aryl methyl sites for hydroxylation is 2. The minimum absolute atomic E-state index is 0.681. The maximum Gasteiger partial charge on any atom is 0.0621 e. The lowest BCUT2D eigenvalue weighted by Gasteiger charge is -2.03. The van der Waals surface area contributed by atoms with E-state index < -0.39 is 0 Å². The van der Waals surface area contributed by atoms with E-state index in [9.17, 15) is 0 Å². The number of aromatic nitrogens is 1. The monoisotopic (exact) mass is 162 g/mol. The van der Waals surface area contributed by atoms with Crippen molar-refractivity contribution in [2.45, 2.75) is 32.7 Å². The Balaban J connectivity index is 2.25. The molecule has 0 N–H and O–H groups in total. The summed E-state index contributed by atoms with van der Waals surface area (Å²) in [5.74, 6) is 0. The average molecular weight is 162 g/mol. The Morgan fingerprint density at radius 3 is 2.92 bits per heavy atom. The first kappa shape index (κ1) is 8.86. The standard InChI is InChI=1S/C10H14N2/c1-10-6-5-9-12(10)8-4-2-3-7-11/h5-6,9H,2-4,8H2,1H3. The molecule has 2 nitrogen and oxygen atoms in total. The van der Waals surface area contributed by atoms with Gasteiger partial charge in [-0.05, 0) is 31.9 Å². The van der Waals surface area contributed by atoms with Gasteiger partial charge in [-0.15, -0.1) is 0 Å². The zero-order valence-corrected chi connectivity index (χ0v) is 7.45. The molecule has 0 unspecified atom stereocenters. The van der Waals surface area contributed by atoms with Crippen molar-refractivity contribution in [3.8, 4) is 6.07 Å². The number of nitriles is 1. The summed E-state index contributed by atoms with van der Waals surface area (Å²) in [6.07, 6.45) is 4.87. The molecule has 0 atom stereocenters. The molecule has 1 aromatic rings. The average Bonchev–Trinajstić information content (AvgIpc) is 2.46. The second-order valence-electron chi connectivity index (χ2n) is 2.96. The van der Waals surface area contributed by atoms with E-state index in [1.807, 2.05) is 0 Å². The van der Waals surface area contributed by atoms with Crippen LogP contribution < -0.4 is 0 Å². The zero-order valence-electron chi connectivity index (χ0n) is 7.45. The van der Waals surface area contributed by atoms with Crippen LogP contribution in [0.2, 0.25) is 0 Å². The van der Waals surface area contributed by atoms with Crippen molar-refractivity contribution in [3.05, 3.63) is 24.0 Å². The van der Waals surface area contributed by atoms with Gasteiger partial charge in [-0.3, -0.25) is 0 Å². The summed E-state index contributed by atoms with van der Waals surface area (Å²) < 4.78 is 2.22. The molecule has 0 aliphatic heterocycles. The zero-order chi connectivity index (χ0) is 8.81. The van der Waals surface area contributed by atoms with E-state index in [2.05, 4.69) is 35.9 Å². The Hall–Kier alpha value is -1.23. The van der Waals surface area contributed by atoms with Gasteiger partial charge in [0.05, 0.1) is 6.07 Å². The summed E-state index contributed by atoms with van der Waals surface area (Å²) in [6, 6.07) is 6.31. The third-order valence-electron chi connectivity index (χ3n) is 1.99. The fraction of sp³-hybridized carbons (Fsp3) is 0.500. The van der Waals surface area contributed by atoms with Gasteiger partial charge in [-0.2, -0.15) is 5.26 Å². The fourth-order valence-corrected chi connectivity index (χ4v) is 1.24. The molecule has 0 aliphatic rings. The first-order valence-corrected chi connectivity index (χ1v) is 4.33. The van der Waals surface area contributed by atoms with Gasteiger partial charge in [0.1, 0.15) is 0 Å². The van der Waals surface area contributed by atoms with Gasteiger partial charge >= 0.3 is 0 Å². The van der Waals surface area contributed by atoms with Gasteiger partial charge in [-0.1, -0.05) is 0 Å². The molecule has 1 aromatic heterocycles. The summed E-state index contributed by atoms with van der Waals surface area (Å²) >= 11 is 0. The molecule has 0 radical (unpaired) electrons. The smallest absolute Gasteiger partial charge is 0.0621 e. The fourth-order valence-electron chi connectivity index (χ4n) is 1.24. The maximum absolute atomic E-state index is 8.32. The van der Waals surface area contributed by atoms with Crippen molar-refractivity contribution in [1.82, 2.24) is 4.57 Å². The predicted molar refractivity (Wildman–Crippen MR) is 48.6 cm³/mol. The molecular weight excluding hydrogens is 148 g/mol. The molecule has 0 aromatic carbocycles. The van der Waals surface area contributed by atoms with Gasteiger partial charge in [0.15, 0.2) is 0 Å². The number of hydrogen-bond donors (Lipinski definition) is 0. The highest BCUT2D eigenvalue weighted by Gasteiger charge is 1.93. The van der Waals surface area contributed by atoms with E-state index in [0.29, 0.717) is 6.42 Å². The van der Waals surface area contributed by atoms with E-state index in [4.69, 9.17) is 5.26 Å². The molecule has 2 heteroatoms. The Labute approximate surface area is 73.4 Å². The van der Waals surface area contributed by atoms with Gasteiger partial charge in [0.25, 0.3) is 0 Å². The number of rotatable bonds is 4. The van der Waals surface area contributed by atoms with Crippen LogP contribution in [0.1, 0.15) is 25.0 Å². The van der Waals surface area contributed by atoms with Crippen LogP contribution in [0.25, 0.3) is 0 Å². The van der Waals surface area contributed by atoms with Crippen LogP contribution in [0.4, 0.5) is 0 Å². The van der Waals surface area contributed by atoms with Crippen molar-refractivity contribution in [2.24, 2.45) is 0 Å². The van der Waals surface area contributed by atoms with Crippen molar-refractivity contribution < 1.29 is 0 Å². The van der Waals surface area contributed by atoms with Crippen LogP contribution in [0.5, 0.6) is 0 Å². The molecule has 0 fully saturated rings. The molecule has 0 amide bonds. The van der Waals surface area contributed by atoms with E-state index in [1.165, 1.54) is 5.69 Å². The quantitative estimate of drug-likeness (QED) is 0.625. The summed E-state index contributed by atoms with van der Waals surface area (Å²) in [5, 5.41) is 8.32.